The third-order valence-corrected chi connectivity index (χ3v) is 10.1. The quantitative estimate of drug-likeness (QED) is 0.0765. The van der Waals surface area contributed by atoms with Gasteiger partial charge in [-0.2, -0.15) is 0 Å². The second-order valence-electron chi connectivity index (χ2n) is 16.5. The number of nitrogens with zero attached hydrogens (tertiary/aromatic N) is 1. The summed E-state index contributed by atoms with van der Waals surface area (Å²) in [5.41, 5.74) is -1.27. The zero-order valence-corrected chi connectivity index (χ0v) is 30.4. The van der Waals surface area contributed by atoms with Crippen LogP contribution in [0.25, 0.3) is 0 Å². The van der Waals surface area contributed by atoms with Crippen molar-refractivity contribution >= 4 is 29.6 Å². The molecule has 48 heavy (non-hydrogen) atoms. The number of rotatable bonds is 17. The summed E-state index contributed by atoms with van der Waals surface area (Å²) >= 11 is 0. The van der Waals surface area contributed by atoms with Crippen molar-refractivity contribution in [2.24, 2.45) is 34.0 Å². The summed E-state index contributed by atoms with van der Waals surface area (Å²) in [5, 5.41) is 25.4. The van der Waals surface area contributed by atoms with Crippen molar-refractivity contribution < 1.29 is 33.8 Å². The predicted molar refractivity (Wildman–Crippen MR) is 182 cm³/mol. The van der Waals surface area contributed by atoms with Gasteiger partial charge in [-0.05, 0) is 53.3 Å². The predicted octanol–water partition coefficient (Wildman–Crippen LogP) is 2.05. The van der Waals surface area contributed by atoms with Crippen molar-refractivity contribution in [2.75, 3.05) is 26.2 Å². The van der Waals surface area contributed by atoms with Gasteiger partial charge in [0.25, 0.3) is 5.91 Å². The SMILES string of the molecule is C=CCNC(=O)C(=O)C(CCC)NC(=O)C1[C@@H]2[C@H](CN1C(=O)C(NC(O)N[C@H](COC(=O)NCC1CC1)C(C)(C)C)C(C)(C)C)C2(C)C. The molecule has 272 valence electrons. The Morgan fingerprint density at radius 3 is 2.21 bits per heavy atom. The monoisotopic (exact) mass is 676 g/mol. The summed E-state index contributed by atoms with van der Waals surface area (Å²) in [6, 6.07) is -3.24. The number of fused-ring (bicyclic) bond motifs is 1. The molecule has 1 aliphatic heterocycles. The number of ketones is 1. The van der Waals surface area contributed by atoms with Crippen molar-refractivity contribution in [3.05, 3.63) is 12.7 Å². The lowest BCUT2D eigenvalue weighted by Gasteiger charge is -2.40. The van der Waals surface area contributed by atoms with Crippen LogP contribution in [0.5, 0.6) is 0 Å². The van der Waals surface area contributed by atoms with Gasteiger partial charge in [-0.25, -0.2) is 4.79 Å². The molecule has 2 saturated carbocycles. The van der Waals surface area contributed by atoms with Crippen molar-refractivity contribution in [1.29, 1.82) is 0 Å². The van der Waals surface area contributed by atoms with Crippen LogP contribution in [0.1, 0.15) is 88.0 Å². The summed E-state index contributed by atoms with van der Waals surface area (Å²) in [4.78, 5) is 67.5. The zero-order chi connectivity index (χ0) is 36.2. The molecule has 3 rings (SSSR count). The molecule has 3 aliphatic rings. The van der Waals surface area contributed by atoms with Gasteiger partial charge in [-0.15, -0.1) is 6.58 Å². The summed E-state index contributed by atoms with van der Waals surface area (Å²) in [6.45, 7) is 22.1. The van der Waals surface area contributed by atoms with E-state index in [1.54, 1.807) is 4.90 Å². The Balaban J connectivity index is 1.74. The highest BCUT2D eigenvalue weighted by atomic mass is 16.5. The molecule has 1 heterocycles. The summed E-state index contributed by atoms with van der Waals surface area (Å²) in [6.07, 6.45) is 2.65. The van der Waals surface area contributed by atoms with Crippen LogP contribution in [0.2, 0.25) is 0 Å². The molecular weight excluding hydrogens is 616 g/mol. The molecule has 4 amide bonds. The Hall–Kier alpha value is -3.03. The van der Waals surface area contributed by atoms with E-state index in [1.165, 1.54) is 6.08 Å². The zero-order valence-electron chi connectivity index (χ0n) is 30.4. The number of piperidine rings is 1. The van der Waals surface area contributed by atoms with E-state index in [-0.39, 0.29) is 42.7 Å². The second-order valence-corrected chi connectivity index (χ2v) is 16.5. The van der Waals surface area contributed by atoms with Crippen LogP contribution in [0.15, 0.2) is 12.7 Å². The van der Waals surface area contributed by atoms with Crippen molar-refractivity contribution in [2.45, 2.75) is 119 Å². The maximum atomic E-state index is 14.3. The fraction of sp³-hybridized carbons (Fsp3) is 0.800. The lowest BCUT2D eigenvalue weighted by Crippen LogP contribution is -2.64. The third kappa shape index (κ3) is 10.0. The number of carbonyl (C=O) groups excluding carboxylic acids is 5. The number of hydrogen-bond acceptors (Lipinski definition) is 9. The molecular formula is C35H60N6O7. The van der Waals surface area contributed by atoms with Crippen LogP contribution in [0.4, 0.5) is 4.79 Å². The van der Waals surface area contributed by atoms with Crippen LogP contribution in [-0.4, -0.2) is 96.4 Å². The first-order valence-corrected chi connectivity index (χ1v) is 17.4. The molecule has 7 atom stereocenters. The largest absolute Gasteiger partial charge is 0.448 e. The maximum Gasteiger partial charge on any atom is 0.407 e. The first kappa shape index (κ1) is 39.4. The molecule has 2 aliphatic carbocycles. The van der Waals surface area contributed by atoms with Crippen molar-refractivity contribution in [1.82, 2.24) is 31.5 Å². The first-order valence-electron chi connectivity index (χ1n) is 17.4. The van der Waals surface area contributed by atoms with E-state index in [2.05, 4.69) is 47.0 Å². The molecule has 3 fully saturated rings. The van der Waals surface area contributed by atoms with Crippen LogP contribution < -0.4 is 26.6 Å². The summed E-state index contributed by atoms with van der Waals surface area (Å²) in [7, 11) is 0. The van der Waals surface area contributed by atoms with Gasteiger partial charge in [0.1, 0.15) is 12.6 Å². The van der Waals surface area contributed by atoms with Gasteiger partial charge >= 0.3 is 6.09 Å². The van der Waals surface area contributed by atoms with Crippen LogP contribution in [0, 0.1) is 34.0 Å². The van der Waals surface area contributed by atoms with Gasteiger partial charge in [0.2, 0.25) is 17.6 Å². The lowest BCUT2D eigenvalue weighted by molar-refractivity contribution is -0.146. The van der Waals surface area contributed by atoms with Crippen molar-refractivity contribution in [3.63, 3.8) is 0 Å². The minimum absolute atomic E-state index is 0.00292. The maximum absolute atomic E-state index is 14.3. The number of likely N-dealkylation sites (tertiary alicyclic amines) is 1. The Kier molecular flexibility index (Phi) is 12.9. The second kappa shape index (κ2) is 15.7. The third-order valence-electron chi connectivity index (χ3n) is 10.1. The average molecular weight is 677 g/mol. The standard InChI is InChI=1S/C35H60N6O7/c1-11-13-22(26(42)29(44)36-16-12-2)38-28(43)25-24-21(35(24,9)10)18-41(25)30(45)27(34(6,7)8)40-31(46)39-23(33(3,4)5)19-48-32(47)37-17-20-14-15-20/h12,20-25,27,31,39-40,46H,2,11,13-19H2,1,3-10H3,(H,36,44)(H,37,47)(H,38,43)/t21-,22?,23+,24-,25?,27?,31?/m0/s1. The molecule has 0 radical (unpaired) electrons. The number of Topliss-reactive ketones (excluding diaryl/α,β-unsaturated/α-hetero) is 1. The van der Waals surface area contributed by atoms with E-state index in [1.807, 2.05) is 48.5 Å². The van der Waals surface area contributed by atoms with Gasteiger partial charge < -0.3 is 30.7 Å². The van der Waals surface area contributed by atoms with E-state index in [0.717, 1.165) is 12.8 Å². The fourth-order valence-electron chi connectivity index (χ4n) is 6.60. The number of aliphatic hydroxyl groups is 1. The topological polar surface area (TPSA) is 178 Å². The van der Waals surface area contributed by atoms with Crippen LogP contribution in [0.3, 0.4) is 0 Å². The van der Waals surface area contributed by atoms with Gasteiger partial charge in [-0.1, -0.05) is 74.8 Å². The molecule has 13 heteroatoms. The highest BCUT2D eigenvalue weighted by Crippen LogP contribution is 2.65. The number of aliphatic hydroxyl groups excluding tert-OH is 1. The number of hydrogen-bond donors (Lipinski definition) is 6. The van der Waals surface area contributed by atoms with Gasteiger partial charge in [0, 0.05) is 25.7 Å². The molecule has 0 aromatic heterocycles. The first-order chi connectivity index (χ1) is 22.2. The van der Waals surface area contributed by atoms with Gasteiger partial charge in [0.05, 0.1) is 12.1 Å². The van der Waals surface area contributed by atoms with Gasteiger partial charge in [-0.3, -0.25) is 29.8 Å². The molecule has 13 nitrogen and oxygen atoms in total. The Morgan fingerprint density at radius 2 is 1.67 bits per heavy atom. The number of amides is 4. The fourth-order valence-corrected chi connectivity index (χ4v) is 6.60. The Morgan fingerprint density at radius 1 is 1.02 bits per heavy atom. The van der Waals surface area contributed by atoms with Crippen LogP contribution >= 0.6 is 0 Å². The summed E-state index contributed by atoms with van der Waals surface area (Å²) in [5.74, 6) is -1.88. The minimum Gasteiger partial charge on any atom is -0.448 e. The van der Waals surface area contributed by atoms with Gasteiger partial charge in [0.15, 0.2) is 6.35 Å². The van der Waals surface area contributed by atoms with E-state index in [4.69, 9.17) is 4.74 Å². The molecule has 0 aromatic rings. The highest BCUT2D eigenvalue weighted by Gasteiger charge is 2.69. The molecule has 6 N–H and O–H groups in total. The van der Waals surface area contributed by atoms with E-state index >= 15 is 0 Å². The molecule has 0 spiro atoms. The van der Waals surface area contributed by atoms with E-state index in [0.29, 0.717) is 25.4 Å². The molecule has 4 unspecified atom stereocenters. The van der Waals surface area contributed by atoms with Crippen molar-refractivity contribution in [3.8, 4) is 0 Å². The number of carbonyl (C=O) groups is 5. The molecule has 0 bridgehead atoms. The normalized spacial score (nSPS) is 24.0. The molecule has 0 aromatic carbocycles. The number of nitrogens with one attached hydrogen (secondary N) is 5. The lowest BCUT2D eigenvalue weighted by atomic mass is 9.85. The smallest absolute Gasteiger partial charge is 0.407 e. The summed E-state index contributed by atoms with van der Waals surface area (Å²) < 4.78 is 5.46. The minimum atomic E-state index is -1.35. The molecule has 1 saturated heterocycles. The number of ether oxygens (including phenoxy) is 1. The number of alkyl carbamates (subject to hydrolysis) is 1. The Bertz CT molecular complexity index is 1200. The average Bonchev–Trinajstić information content (AvgIpc) is 3.85. The van der Waals surface area contributed by atoms with Crippen LogP contribution in [-0.2, 0) is 23.9 Å². The highest BCUT2D eigenvalue weighted by molar-refractivity contribution is 6.38. The van der Waals surface area contributed by atoms with E-state index < -0.39 is 65.0 Å². The van der Waals surface area contributed by atoms with E-state index in [9.17, 15) is 29.1 Å². The Labute approximate surface area is 286 Å².